The van der Waals surface area contributed by atoms with E-state index in [1.165, 1.54) is 12.8 Å². The summed E-state index contributed by atoms with van der Waals surface area (Å²) in [4.78, 5) is 0. The molecule has 1 saturated carbocycles. The summed E-state index contributed by atoms with van der Waals surface area (Å²) in [6.45, 7) is 2.79. The SMILES string of the molecule is Cc1cc(Oc2cccc(Cl)c2CNC2CC2)ccc1Br. The Bertz CT molecular complexity index is 655. The summed E-state index contributed by atoms with van der Waals surface area (Å²) in [5.74, 6) is 1.64. The van der Waals surface area contributed by atoms with E-state index in [4.69, 9.17) is 16.3 Å². The Labute approximate surface area is 138 Å². The van der Waals surface area contributed by atoms with E-state index in [9.17, 15) is 0 Å². The van der Waals surface area contributed by atoms with Gasteiger partial charge in [-0.15, -0.1) is 0 Å². The van der Waals surface area contributed by atoms with Crippen molar-refractivity contribution in [3.05, 3.63) is 57.0 Å². The normalized spacial score (nSPS) is 14.2. The minimum Gasteiger partial charge on any atom is -0.457 e. The highest BCUT2D eigenvalue weighted by atomic mass is 79.9. The van der Waals surface area contributed by atoms with Crippen LogP contribution in [0.2, 0.25) is 5.02 Å². The molecule has 0 aliphatic heterocycles. The third kappa shape index (κ3) is 3.79. The highest BCUT2D eigenvalue weighted by molar-refractivity contribution is 9.10. The number of hydrogen-bond donors (Lipinski definition) is 1. The van der Waals surface area contributed by atoms with E-state index in [0.717, 1.165) is 38.7 Å². The fourth-order valence-corrected chi connectivity index (χ4v) is 2.63. The van der Waals surface area contributed by atoms with Gasteiger partial charge in [-0.2, -0.15) is 0 Å². The van der Waals surface area contributed by atoms with Crippen molar-refractivity contribution in [2.45, 2.75) is 32.4 Å². The first-order chi connectivity index (χ1) is 10.1. The maximum Gasteiger partial charge on any atom is 0.133 e. The van der Waals surface area contributed by atoms with Crippen molar-refractivity contribution in [1.82, 2.24) is 5.32 Å². The average Bonchev–Trinajstić information content (AvgIpc) is 3.26. The Morgan fingerprint density at radius 1 is 1.29 bits per heavy atom. The van der Waals surface area contributed by atoms with Gasteiger partial charge in [0, 0.05) is 27.6 Å². The number of ether oxygens (including phenoxy) is 1. The number of benzene rings is 2. The first-order valence-electron chi connectivity index (χ1n) is 7.08. The molecular weight excluding hydrogens is 350 g/mol. The standard InChI is InChI=1S/C17H17BrClNO/c1-11-9-13(7-8-15(11)18)21-17-4-2-3-16(19)14(17)10-20-12-5-6-12/h2-4,7-9,12,20H,5-6,10H2,1H3. The van der Waals surface area contributed by atoms with Crippen LogP contribution >= 0.6 is 27.5 Å². The van der Waals surface area contributed by atoms with Crippen LogP contribution in [0.25, 0.3) is 0 Å². The van der Waals surface area contributed by atoms with E-state index < -0.39 is 0 Å². The predicted molar refractivity (Wildman–Crippen MR) is 90.3 cm³/mol. The lowest BCUT2D eigenvalue weighted by Gasteiger charge is -2.14. The second-order valence-electron chi connectivity index (χ2n) is 5.38. The van der Waals surface area contributed by atoms with E-state index >= 15 is 0 Å². The Kier molecular flexibility index (Phi) is 4.53. The minimum absolute atomic E-state index is 0.643. The van der Waals surface area contributed by atoms with Crippen molar-refractivity contribution in [3.63, 3.8) is 0 Å². The summed E-state index contributed by atoms with van der Waals surface area (Å²) in [6, 6.07) is 12.4. The van der Waals surface area contributed by atoms with Crippen LogP contribution in [0.5, 0.6) is 11.5 Å². The number of aryl methyl sites for hydroxylation is 1. The van der Waals surface area contributed by atoms with Gasteiger partial charge in [0.15, 0.2) is 0 Å². The van der Waals surface area contributed by atoms with Gasteiger partial charge in [-0.3, -0.25) is 0 Å². The van der Waals surface area contributed by atoms with E-state index in [2.05, 4.69) is 21.2 Å². The van der Waals surface area contributed by atoms with E-state index in [0.29, 0.717) is 6.04 Å². The lowest BCUT2D eigenvalue weighted by molar-refractivity contribution is 0.472. The molecule has 110 valence electrons. The van der Waals surface area contributed by atoms with Gasteiger partial charge in [0.1, 0.15) is 11.5 Å². The zero-order chi connectivity index (χ0) is 14.8. The molecule has 0 aromatic heterocycles. The summed E-state index contributed by atoms with van der Waals surface area (Å²) in [7, 11) is 0. The molecule has 1 N–H and O–H groups in total. The van der Waals surface area contributed by atoms with Gasteiger partial charge < -0.3 is 10.1 Å². The van der Waals surface area contributed by atoms with Crippen molar-refractivity contribution in [2.24, 2.45) is 0 Å². The molecule has 2 aromatic rings. The summed E-state index contributed by atoms with van der Waals surface area (Å²) in [5, 5.41) is 4.23. The smallest absolute Gasteiger partial charge is 0.133 e. The first kappa shape index (κ1) is 14.9. The van der Waals surface area contributed by atoms with Gasteiger partial charge in [-0.05, 0) is 55.7 Å². The number of halogens is 2. The number of nitrogens with one attached hydrogen (secondary N) is 1. The van der Waals surface area contributed by atoms with Crippen molar-refractivity contribution < 1.29 is 4.74 Å². The second-order valence-corrected chi connectivity index (χ2v) is 6.65. The molecule has 0 bridgehead atoms. The largest absolute Gasteiger partial charge is 0.457 e. The molecule has 0 amide bonds. The van der Waals surface area contributed by atoms with Gasteiger partial charge in [0.2, 0.25) is 0 Å². The van der Waals surface area contributed by atoms with E-state index in [1.54, 1.807) is 0 Å². The molecule has 21 heavy (non-hydrogen) atoms. The highest BCUT2D eigenvalue weighted by Gasteiger charge is 2.21. The Morgan fingerprint density at radius 3 is 2.81 bits per heavy atom. The molecule has 3 rings (SSSR count). The molecule has 2 nitrogen and oxygen atoms in total. The third-order valence-corrected chi connectivity index (χ3v) is 4.82. The van der Waals surface area contributed by atoms with Crippen LogP contribution in [0.15, 0.2) is 40.9 Å². The molecule has 0 spiro atoms. The molecule has 1 aliphatic rings. The zero-order valence-corrected chi connectivity index (χ0v) is 14.2. The van der Waals surface area contributed by atoms with E-state index in [-0.39, 0.29) is 0 Å². The van der Waals surface area contributed by atoms with Crippen LogP contribution < -0.4 is 10.1 Å². The maximum absolute atomic E-state index is 6.33. The highest BCUT2D eigenvalue weighted by Crippen LogP contribution is 2.32. The molecule has 1 fully saturated rings. The second kappa shape index (κ2) is 6.39. The molecule has 0 saturated heterocycles. The summed E-state index contributed by atoms with van der Waals surface area (Å²) in [6.07, 6.45) is 2.51. The van der Waals surface area contributed by atoms with Crippen LogP contribution in [0.4, 0.5) is 0 Å². The third-order valence-electron chi connectivity index (χ3n) is 3.58. The van der Waals surface area contributed by atoms with Crippen molar-refractivity contribution >= 4 is 27.5 Å². The Hall–Kier alpha value is -1.03. The van der Waals surface area contributed by atoms with Crippen LogP contribution in [0.3, 0.4) is 0 Å². The molecule has 2 aromatic carbocycles. The molecule has 0 radical (unpaired) electrons. The molecule has 0 atom stereocenters. The lowest BCUT2D eigenvalue weighted by atomic mass is 10.2. The van der Waals surface area contributed by atoms with E-state index in [1.807, 2.05) is 43.3 Å². The molecule has 0 heterocycles. The Balaban J connectivity index is 1.82. The van der Waals surface area contributed by atoms with Gasteiger partial charge in [0.05, 0.1) is 0 Å². The molecular formula is C17H17BrClNO. The zero-order valence-electron chi connectivity index (χ0n) is 11.8. The fourth-order valence-electron chi connectivity index (χ4n) is 2.15. The first-order valence-corrected chi connectivity index (χ1v) is 8.25. The Morgan fingerprint density at radius 2 is 2.10 bits per heavy atom. The predicted octanol–water partition coefficient (Wildman–Crippen LogP) is 5.46. The van der Waals surface area contributed by atoms with Crippen molar-refractivity contribution in [3.8, 4) is 11.5 Å². The summed E-state index contributed by atoms with van der Waals surface area (Å²) < 4.78 is 7.11. The minimum atomic E-state index is 0.643. The maximum atomic E-state index is 6.33. The topological polar surface area (TPSA) is 21.3 Å². The summed E-state index contributed by atoms with van der Waals surface area (Å²) in [5.41, 5.74) is 2.17. The molecule has 4 heteroatoms. The number of rotatable bonds is 5. The number of hydrogen-bond acceptors (Lipinski definition) is 2. The monoisotopic (exact) mass is 365 g/mol. The van der Waals surface area contributed by atoms with Crippen LogP contribution in [0.1, 0.15) is 24.0 Å². The van der Waals surface area contributed by atoms with Crippen molar-refractivity contribution in [2.75, 3.05) is 0 Å². The van der Waals surface area contributed by atoms with Crippen LogP contribution in [0, 0.1) is 6.92 Å². The van der Waals surface area contributed by atoms with Gasteiger partial charge in [0.25, 0.3) is 0 Å². The fraction of sp³-hybridized carbons (Fsp3) is 0.294. The van der Waals surface area contributed by atoms with Gasteiger partial charge in [-0.25, -0.2) is 0 Å². The van der Waals surface area contributed by atoms with Gasteiger partial charge in [-0.1, -0.05) is 33.6 Å². The molecule has 0 unspecified atom stereocenters. The molecule has 1 aliphatic carbocycles. The lowest BCUT2D eigenvalue weighted by Crippen LogP contribution is -2.16. The van der Waals surface area contributed by atoms with Crippen LogP contribution in [-0.2, 0) is 6.54 Å². The van der Waals surface area contributed by atoms with Crippen LogP contribution in [-0.4, -0.2) is 6.04 Å². The average molecular weight is 367 g/mol. The summed E-state index contributed by atoms with van der Waals surface area (Å²) >= 11 is 9.83. The quantitative estimate of drug-likeness (QED) is 0.759. The van der Waals surface area contributed by atoms with Crippen molar-refractivity contribution in [1.29, 1.82) is 0 Å². The van der Waals surface area contributed by atoms with Gasteiger partial charge >= 0.3 is 0 Å².